The van der Waals surface area contributed by atoms with Crippen LogP contribution in [0.5, 0.6) is 0 Å². The molecule has 0 radical (unpaired) electrons. The average Bonchev–Trinajstić information content (AvgIpc) is 2.64. The summed E-state index contributed by atoms with van der Waals surface area (Å²) in [6, 6.07) is 3.15. The quantitative estimate of drug-likeness (QED) is 0.806. The highest BCUT2D eigenvalue weighted by atomic mass is 35.5. The lowest BCUT2D eigenvalue weighted by atomic mass is 10.1. The van der Waals surface area contributed by atoms with E-state index in [4.69, 9.17) is 11.6 Å². The highest BCUT2D eigenvalue weighted by Crippen LogP contribution is 2.26. The monoisotopic (exact) mass is 302 g/mol. The second-order valence-corrected chi connectivity index (χ2v) is 7.12. The van der Waals surface area contributed by atoms with E-state index in [1.807, 2.05) is 6.92 Å². The third-order valence-electron chi connectivity index (χ3n) is 3.60. The van der Waals surface area contributed by atoms with Crippen molar-refractivity contribution in [2.24, 2.45) is 0 Å². The molecule has 1 fully saturated rings. The Morgan fingerprint density at radius 2 is 2.16 bits per heavy atom. The van der Waals surface area contributed by atoms with E-state index in [0.29, 0.717) is 11.7 Å². The van der Waals surface area contributed by atoms with Gasteiger partial charge in [-0.3, -0.25) is 0 Å². The van der Waals surface area contributed by atoms with Crippen molar-refractivity contribution in [1.82, 2.24) is 9.29 Å². The zero-order chi connectivity index (χ0) is 13.9. The molecule has 0 aliphatic carbocycles. The van der Waals surface area contributed by atoms with Crippen molar-refractivity contribution >= 4 is 21.6 Å². The van der Waals surface area contributed by atoms with Crippen LogP contribution in [-0.2, 0) is 10.0 Å². The Labute approximate surface area is 119 Å². The van der Waals surface area contributed by atoms with E-state index in [1.54, 1.807) is 4.31 Å². The van der Waals surface area contributed by atoms with Crippen LogP contribution < -0.4 is 0 Å². The lowest BCUT2D eigenvalue weighted by molar-refractivity contribution is 0.315. The van der Waals surface area contributed by atoms with E-state index >= 15 is 0 Å². The van der Waals surface area contributed by atoms with Crippen molar-refractivity contribution < 1.29 is 8.42 Å². The number of pyridine rings is 1. The molecule has 19 heavy (non-hydrogen) atoms. The fraction of sp³-hybridized carbons (Fsp3) is 0.615. The molecular weight excluding hydrogens is 284 g/mol. The Balaban J connectivity index is 2.33. The Hall–Kier alpha value is -0.650. The van der Waals surface area contributed by atoms with Crippen LogP contribution in [0.15, 0.2) is 23.2 Å². The zero-order valence-corrected chi connectivity index (χ0v) is 12.6. The first-order valence-corrected chi connectivity index (χ1v) is 8.51. The topological polar surface area (TPSA) is 50.3 Å². The van der Waals surface area contributed by atoms with Gasteiger partial charge in [0.25, 0.3) is 0 Å². The summed E-state index contributed by atoms with van der Waals surface area (Å²) >= 11 is 5.71. The maximum atomic E-state index is 12.7. The molecule has 0 amide bonds. The molecule has 0 N–H and O–H groups in total. The van der Waals surface area contributed by atoms with Crippen molar-refractivity contribution in [3.63, 3.8) is 0 Å². The maximum absolute atomic E-state index is 12.7. The van der Waals surface area contributed by atoms with Crippen LogP contribution in [0, 0.1) is 0 Å². The second-order valence-electron chi connectivity index (χ2n) is 4.84. The Kier molecular flexibility index (Phi) is 4.81. The van der Waals surface area contributed by atoms with Crippen molar-refractivity contribution in [3.05, 3.63) is 23.5 Å². The van der Waals surface area contributed by atoms with E-state index in [-0.39, 0.29) is 10.9 Å². The molecule has 1 aromatic heterocycles. The van der Waals surface area contributed by atoms with Crippen molar-refractivity contribution in [2.45, 2.75) is 50.0 Å². The highest BCUT2D eigenvalue weighted by molar-refractivity contribution is 7.89. The molecule has 1 saturated heterocycles. The minimum atomic E-state index is -3.45. The largest absolute Gasteiger partial charge is 0.244 e. The number of nitrogens with zero attached hydrogens (tertiary/aromatic N) is 2. The number of halogens is 1. The van der Waals surface area contributed by atoms with Crippen LogP contribution in [0.3, 0.4) is 0 Å². The molecular formula is C13H19ClN2O2S. The van der Waals surface area contributed by atoms with Gasteiger partial charge in [-0.05, 0) is 31.4 Å². The van der Waals surface area contributed by atoms with E-state index in [2.05, 4.69) is 4.98 Å². The van der Waals surface area contributed by atoms with Crippen molar-refractivity contribution in [1.29, 1.82) is 0 Å². The molecule has 0 saturated carbocycles. The Bertz CT molecular complexity index is 516. The Morgan fingerprint density at radius 1 is 1.37 bits per heavy atom. The molecule has 2 rings (SSSR count). The number of rotatable bonds is 3. The van der Waals surface area contributed by atoms with Crippen LogP contribution in [0.25, 0.3) is 0 Å². The summed E-state index contributed by atoms with van der Waals surface area (Å²) < 4.78 is 27.0. The summed E-state index contributed by atoms with van der Waals surface area (Å²) in [5.41, 5.74) is 0. The SMILES string of the molecule is CCC1CCCCCN1S(=O)(=O)c1ccc(Cl)nc1. The predicted molar refractivity (Wildman–Crippen MR) is 75.7 cm³/mol. The minimum Gasteiger partial charge on any atom is -0.243 e. The Morgan fingerprint density at radius 3 is 2.79 bits per heavy atom. The van der Waals surface area contributed by atoms with Crippen LogP contribution in [0.1, 0.15) is 39.0 Å². The molecule has 6 heteroatoms. The van der Waals surface area contributed by atoms with Gasteiger partial charge in [0, 0.05) is 18.8 Å². The fourth-order valence-electron chi connectivity index (χ4n) is 2.53. The summed E-state index contributed by atoms with van der Waals surface area (Å²) in [6.07, 6.45) is 6.26. The molecule has 0 aromatic carbocycles. The lowest BCUT2D eigenvalue weighted by Crippen LogP contribution is -2.39. The van der Waals surface area contributed by atoms with Gasteiger partial charge >= 0.3 is 0 Å². The maximum Gasteiger partial charge on any atom is 0.244 e. The summed E-state index contributed by atoms with van der Waals surface area (Å²) in [5, 5.41) is 0.307. The first kappa shape index (κ1) is 14.8. The third kappa shape index (κ3) is 3.27. The first-order chi connectivity index (χ1) is 9.05. The minimum absolute atomic E-state index is 0.100. The zero-order valence-electron chi connectivity index (χ0n) is 11.0. The van der Waals surface area contributed by atoms with Crippen LogP contribution >= 0.6 is 11.6 Å². The molecule has 1 unspecified atom stereocenters. The van der Waals surface area contributed by atoms with Gasteiger partial charge in [-0.2, -0.15) is 4.31 Å². The molecule has 2 heterocycles. The van der Waals surface area contributed by atoms with E-state index in [9.17, 15) is 8.42 Å². The van der Waals surface area contributed by atoms with Crippen LogP contribution in [0.2, 0.25) is 5.15 Å². The van der Waals surface area contributed by atoms with Gasteiger partial charge in [-0.25, -0.2) is 13.4 Å². The van der Waals surface area contributed by atoms with Gasteiger partial charge in [0.2, 0.25) is 10.0 Å². The first-order valence-electron chi connectivity index (χ1n) is 6.69. The normalized spacial score (nSPS) is 22.1. The van der Waals surface area contributed by atoms with E-state index < -0.39 is 10.0 Å². The number of hydrogen-bond acceptors (Lipinski definition) is 3. The van der Waals surface area contributed by atoms with Gasteiger partial charge in [-0.1, -0.05) is 31.4 Å². The van der Waals surface area contributed by atoms with Crippen molar-refractivity contribution in [2.75, 3.05) is 6.54 Å². The molecule has 1 atom stereocenters. The van der Waals surface area contributed by atoms with E-state index in [1.165, 1.54) is 18.3 Å². The molecule has 106 valence electrons. The van der Waals surface area contributed by atoms with Gasteiger partial charge in [0.1, 0.15) is 10.0 Å². The van der Waals surface area contributed by atoms with Gasteiger partial charge in [0.05, 0.1) is 0 Å². The van der Waals surface area contributed by atoms with Gasteiger partial charge < -0.3 is 0 Å². The van der Waals surface area contributed by atoms with E-state index in [0.717, 1.165) is 32.1 Å². The van der Waals surface area contributed by atoms with Crippen LogP contribution in [0.4, 0.5) is 0 Å². The summed E-state index contributed by atoms with van der Waals surface area (Å²) in [7, 11) is -3.45. The van der Waals surface area contributed by atoms with Crippen LogP contribution in [-0.4, -0.2) is 30.3 Å². The highest BCUT2D eigenvalue weighted by Gasteiger charge is 2.31. The smallest absolute Gasteiger partial charge is 0.243 e. The van der Waals surface area contributed by atoms with Gasteiger partial charge in [0.15, 0.2) is 0 Å². The summed E-state index contributed by atoms with van der Waals surface area (Å²) in [6.45, 7) is 2.64. The standard InChI is InChI=1S/C13H19ClN2O2S/c1-2-11-6-4-3-5-9-16(11)19(17,18)12-7-8-13(14)15-10-12/h7-8,10-11H,2-6,9H2,1H3. The second kappa shape index (κ2) is 6.20. The molecule has 1 aliphatic rings. The predicted octanol–water partition coefficient (Wildman–Crippen LogP) is 3.08. The molecule has 0 bridgehead atoms. The number of sulfonamides is 1. The van der Waals surface area contributed by atoms with Crippen molar-refractivity contribution in [3.8, 4) is 0 Å². The fourth-order valence-corrected chi connectivity index (χ4v) is 4.35. The lowest BCUT2D eigenvalue weighted by Gasteiger charge is -2.28. The average molecular weight is 303 g/mol. The van der Waals surface area contributed by atoms with Gasteiger partial charge in [-0.15, -0.1) is 0 Å². The molecule has 0 spiro atoms. The summed E-state index contributed by atoms with van der Waals surface area (Å²) in [5.74, 6) is 0. The summed E-state index contributed by atoms with van der Waals surface area (Å²) in [4.78, 5) is 4.11. The number of hydrogen-bond donors (Lipinski definition) is 0. The molecule has 1 aliphatic heterocycles. The molecule has 4 nitrogen and oxygen atoms in total. The molecule has 1 aromatic rings. The number of aromatic nitrogens is 1. The third-order valence-corrected chi connectivity index (χ3v) is 5.76.